The highest BCUT2D eigenvalue weighted by Crippen LogP contribution is 2.39. The van der Waals surface area contributed by atoms with Gasteiger partial charge in [0, 0.05) is 38.1 Å². The molecule has 0 aliphatic carbocycles. The minimum atomic E-state index is -0.973. The molecule has 0 radical (unpaired) electrons. The molecule has 4 rings (SSSR count). The van der Waals surface area contributed by atoms with Gasteiger partial charge in [-0.2, -0.15) is 0 Å². The lowest BCUT2D eigenvalue weighted by Gasteiger charge is -2.35. The van der Waals surface area contributed by atoms with Crippen LogP contribution >= 0.6 is 15.9 Å². The summed E-state index contributed by atoms with van der Waals surface area (Å²) in [6.07, 6.45) is 4.57. The van der Waals surface area contributed by atoms with E-state index in [1.54, 1.807) is 6.20 Å². The van der Waals surface area contributed by atoms with Crippen LogP contribution in [0.2, 0.25) is 0 Å². The van der Waals surface area contributed by atoms with Crippen LogP contribution in [-0.4, -0.2) is 46.8 Å². The number of aromatic amines is 1. The number of carboxylic acid groups (broad SMARTS) is 1. The molecule has 1 fully saturated rings. The molecule has 2 aromatic heterocycles. The van der Waals surface area contributed by atoms with E-state index in [1.165, 1.54) is 5.56 Å². The predicted molar refractivity (Wildman–Crippen MR) is 124 cm³/mol. The Hall–Kier alpha value is -2.74. The fourth-order valence-electron chi connectivity index (χ4n) is 4.14. The Morgan fingerprint density at radius 2 is 2.20 bits per heavy atom. The molecule has 1 aromatic carbocycles. The topological polar surface area (TPSA) is 93.3 Å². The molecule has 3 aromatic rings. The minimum absolute atomic E-state index is 0.0835. The van der Waals surface area contributed by atoms with Gasteiger partial charge >= 0.3 is 6.09 Å². The Labute approximate surface area is 184 Å². The van der Waals surface area contributed by atoms with Crippen LogP contribution in [0.1, 0.15) is 31.2 Å². The molecule has 30 heavy (non-hydrogen) atoms. The summed E-state index contributed by atoms with van der Waals surface area (Å²) < 4.78 is 0.907. The maximum atomic E-state index is 11.1. The van der Waals surface area contributed by atoms with E-state index in [9.17, 15) is 4.79 Å². The number of hydrogen-bond donors (Lipinski definition) is 4. The molecule has 158 valence electrons. The number of nitrogens with one attached hydrogen (secondary N) is 3. The summed E-state index contributed by atoms with van der Waals surface area (Å²) in [4.78, 5) is 21.2. The Morgan fingerprint density at radius 3 is 2.97 bits per heavy atom. The summed E-state index contributed by atoms with van der Waals surface area (Å²) in [5, 5.41) is 16.4. The molecule has 0 saturated carbocycles. The number of nitrogens with zero attached hydrogens (tertiary/aromatic N) is 2. The lowest BCUT2D eigenvalue weighted by Crippen LogP contribution is -2.47. The average molecular weight is 472 g/mol. The second-order valence-corrected chi connectivity index (χ2v) is 8.66. The first-order valence-corrected chi connectivity index (χ1v) is 11.0. The zero-order valence-corrected chi connectivity index (χ0v) is 18.4. The van der Waals surface area contributed by atoms with E-state index >= 15 is 0 Å². The van der Waals surface area contributed by atoms with E-state index in [-0.39, 0.29) is 6.04 Å². The van der Waals surface area contributed by atoms with Crippen molar-refractivity contribution in [1.82, 2.24) is 15.3 Å². The summed E-state index contributed by atoms with van der Waals surface area (Å²) in [6.45, 7) is 4.51. The Balaban J connectivity index is 1.60. The molecular formula is C22H26BrN5O2. The highest BCUT2D eigenvalue weighted by atomic mass is 79.9. The lowest BCUT2D eigenvalue weighted by molar-refractivity contribution is 0.188. The zero-order valence-electron chi connectivity index (χ0n) is 16.9. The predicted octanol–water partition coefficient (Wildman–Crippen LogP) is 4.78. The largest absolute Gasteiger partial charge is 0.465 e. The number of fused-ring (bicyclic) bond motifs is 1. The minimum Gasteiger partial charge on any atom is -0.465 e. The van der Waals surface area contributed by atoms with Gasteiger partial charge in [0.15, 0.2) is 0 Å². The molecule has 0 bridgehead atoms. The molecule has 0 spiro atoms. The standard InChI is InChI=1S/C22H26BrN5O2/c1-14(15-6-3-2-4-7-15)10-24-18-12-26-21-19(18)20(17(23)11-25-21)28-9-5-8-16(13-28)27-22(29)30/h2-4,6-7,11-12,14,16,24,27H,5,8-10,13H2,1H3,(H,25,26)(H,29,30)/t14?,16-/m1/s1. The molecule has 8 heteroatoms. The number of H-pyrrole nitrogens is 1. The van der Waals surface area contributed by atoms with Gasteiger partial charge in [-0.25, -0.2) is 9.78 Å². The number of amides is 1. The van der Waals surface area contributed by atoms with Crippen LogP contribution in [0.3, 0.4) is 0 Å². The summed E-state index contributed by atoms with van der Waals surface area (Å²) in [5.74, 6) is 0.360. The number of halogens is 1. The van der Waals surface area contributed by atoms with Crippen molar-refractivity contribution >= 4 is 44.4 Å². The fraction of sp³-hybridized carbons (Fsp3) is 0.364. The lowest BCUT2D eigenvalue weighted by atomic mass is 10.0. The fourth-order valence-corrected chi connectivity index (χ4v) is 4.69. The van der Waals surface area contributed by atoms with E-state index in [1.807, 2.05) is 12.3 Å². The Kier molecular flexibility index (Phi) is 6.13. The van der Waals surface area contributed by atoms with Crippen molar-refractivity contribution in [2.45, 2.75) is 31.7 Å². The van der Waals surface area contributed by atoms with Crippen LogP contribution in [0.4, 0.5) is 16.2 Å². The maximum Gasteiger partial charge on any atom is 0.404 e. The number of piperidine rings is 1. The SMILES string of the molecule is CC(CNc1c[nH]c2ncc(Br)c(N3CCC[C@@H](NC(=O)O)C3)c12)c1ccccc1. The van der Waals surface area contributed by atoms with Crippen LogP contribution in [0.5, 0.6) is 0 Å². The monoisotopic (exact) mass is 471 g/mol. The normalized spacial score (nSPS) is 17.7. The van der Waals surface area contributed by atoms with Crippen LogP contribution in [0.15, 0.2) is 47.2 Å². The molecule has 1 aliphatic rings. The van der Waals surface area contributed by atoms with Gasteiger partial charge in [0.2, 0.25) is 0 Å². The Morgan fingerprint density at radius 1 is 1.40 bits per heavy atom. The van der Waals surface area contributed by atoms with Gasteiger partial charge in [0.1, 0.15) is 5.65 Å². The number of pyridine rings is 1. The number of aromatic nitrogens is 2. The van der Waals surface area contributed by atoms with Crippen LogP contribution in [0.25, 0.3) is 11.0 Å². The van der Waals surface area contributed by atoms with Gasteiger partial charge in [0.05, 0.1) is 21.2 Å². The van der Waals surface area contributed by atoms with Crippen LogP contribution in [-0.2, 0) is 0 Å². The van der Waals surface area contributed by atoms with Gasteiger partial charge in [-0.1, -0.05) is 37.3 Å². The number of hydrogen-bond acceptors (Lipinski definition) is 4. The van der Waals surface area contributed by atoms with Gasteiger partial charge in [-0.3, -0.25) is 0 Å². The molecule has 1 amide bonds. The summed E-state index contributed by atoms with van der Waals surface area (Å²) in [5.41, 5.74) is 4.16. The second-order valence-electron chi connectivity index (χ2n) is 7.81. The van der Waals surface area contributed by atoms with Crippen LogP contribution in [0, 0.1) is 0 Å². The van der Waals surface area contributed by atoms with Crippen molar-refractivity contribution in [3.63, 3.8) is 0 Å². The molecule has 1 unspecified atom stereocenters. The van der Waals surface area contributed by atoms with Crippen molar-refractivity contribution < 1.29 is 9.90 Å². The van der Waals surface area contributed by atoms with Crippen molar-refractivity contribution in [2.24, 2.45) is 0 Å². The highest BCUT2D eigenvalue weighted by molar-refractivity contribution is 9.10. The van der Waals surface area contributed by atoms with Gasteiger partial charge in [0.25, 0.3) is 0 Å². The molecule has 2 atom stereocenters. The smallest absolute Gasteiger partial charge is 0.404 e. The average Bonchev–Trinajstić information content (AvgIpc) is 3.15. The molecule has 1 saturated heterocycles. The van der Waals surface area contributed by atoms with Crippen molar-refractivity contribution in [2.75, 3.05) is 29.9 Å². The zero-order chi connectivity index (χ0) is 21.1. The van der Waals surface area contributed by atoms with E-state index in [4.69, 9.17) is 5.11 Å². The maximum absolute atomic E-state index is 11.1. The second kappa shape index (κ2) is 8.95. The Bertz CT molecular complexity index is 1020. The first kappa shape index (κ1) is 20.5. The van der Waals surface area contributed by atoms with Crippen molar-refractivity contribution in [3.05, 3.63) is 52.8 Å². The summed E-state index contributed by atoms with van der Waals surface area (Å²) in [7, 11) is 0. The third kappa shape index (κ3) is 4.38. The molecule has 4 N–H and O–H groups in total. The quantitative estimate of drug-likeness (QED) is 0.415. The third-order valence-electron chi connectivity index (χ3n) is 5.66. The molecular weight excluding hydrogens is 446 g/mol. The van der Waals surface area contributed by atoms with E-state index in [0.717, 1.165) is 52.8 Å². The highest BCUT2D eigenvalue weighted by Gasteiger charge is 2.26. The first-order chi connectivity index (χ1) is 14.5. The summed E-state index contributed by atoms with van der Waals surface area (Å²) in [6, 6.07) is 10.4. The molecule has 1 aliphatic heterocycles. The van der Waals surface area contributed by atoms with E-state index in [2.05, 4.69) is 72.6 Å². The summed E-state index contributed by atoms with van der Waals surface area (Å²) >= 11 is 3.68. The van der Waals surface area contributed by atoms with Gasteiger partial charge < -0.3 is 25.6 Å². The third-order valence-corrected chi connectivity index (χ3v) is 6.24. The van der Waals surface area contributed by atoms with E-state index < -0.39 is 6.09 Å². The van der Waals surface area contributed by atoms with E-state index in [0.29, 0.717) is 12.5 Å². The van der Waals surface area contributed by atoms with Crippen molar-refractivity contribution in [3.8, 4) is 0 Å². The number of benzene rings is 1. The van der Waals surface area contributed by atoms with Crippen molar-refractivity contribution in [1.29, 1.82) is 0 Å². The van der Waals surface area contributed by atoms with Gasteiger partial charge in [-0.15, -0.1) is 0 Å². The number of carbonyl (C=O) groups is 1. The van der Waals surface area contributed by atoms with Crippen LogP contribution < -0.4 is 15.5 Å². The number of rotatable bonds is 6. The van der Waals surface area contributed by atoms with Gasteiger partial charge in [-0.05, 0) is 40.3 Å². The molecule has 7 nitrogen and oxygen atoms in total. The first-order valence-electron chi connectivity index (χ1n) is 10.2. The number of anilines is 2. The molecule has 3 heterocycles.